The molecule has 4 heteroatoms. The molecule has 1 aromatic carbocycles. The molecule has 0 saturated heterocycles. The molecule has 0 aliphatic rings. The quantitative estimate of drug-likeness (QED) is 0.797. The minimum Gasteiger partial charge on any atom is -0.494 e. The first-order valence-corrected chi connectivity index (χ1v) is 4.40. The first-order valence-electron chi connectivity index (χ1n) is 4.40. The zero-order valence-corrected chi connectivity index (χ0v) is 7.82. The number of aromatic amines is 1. The highest BCUT2D eigenvalue weighted by atomic mass is 16.5. The van der Waals surface area contributed by atoms with Crippen molar-refractivity contribution in [2.75, 3.05) is 6.61 Å². The first-order chi connectivity index (χ1) is 6.90. The maximum absolute atomic E-state index is 5.35. The molecule has 1 radical (unpaired) electrons. The van der Waals surface area contributed by atoms with E-state index in [1.54, 1.807) is 12.4 Å². The van der Waals surface area contributed by atoms with Gasteiger partial charge in [0.2, 0.25) is 0 Å². The molecule has 0 saturated carbocycles. The van der Waals surface area contributed by atoms with E-state index in [-0.39, 0.29) is 0 Å². The van der Waals surface area contributed by atoms with Crippen molar-refractivity contribution in [1.82, 2.24) is 15.2 Å². The van der Waals surface area contributed by atoms with Crippen LogP contribution in [0.2, 0.25) is 0 Å². The average Bonchev–Trinajstić information content (AvgIpc) is 2.71. The Kier molecular flexibility index (Phi) is 2.44. The Morgan fingerprint density at radius 3 is 3.14 bits per heavy atom. The average molecular weight is 188 g/mol. The van der Waals surface area contributed by atoms with Crippen LogP contribution in [0.25, 0.3) is 11.4 Å². The lowest BCUT2D eigenvalue weighted by molar-refractivity contribution is 0.340. The number of hydrogen-bond acceptors (Lipinski definition) is 3. The molecule has 0 fully saturated rings. The second kappa shape index (κ2) is 3.91. The summed E-state index contributed by atoms with van der Waals surface area (Å²) in [4.78, 5) is 4.05. The van der Waals surface area contributed by atoms with Crippen LogP contribution in [0.4, 0.5) is 0 Å². The fraction of sp³-hybridized carbons (Fsp3) is 0.200. The Balaban J connectivity index is 2.31. The van der Waals surface area contributed by atoms with Gasteiger partial charge in [-0.15, -0.1) is 0 Å². The number of aromatic nitrogens is 3. The van der Waals surface area contributed by atoms with Crippen LogP contribution in [0.5, 0.6) is 5.75 Å². The van der Waals surface area contributed by atoms with E-state index in [2.05, 4.69) is 21.2 Å². The lowest BCUT2D eigenvalue weighted by Gasteiger charge is -2.02. The summed E-state index contributed by atoms with van der Waals surface area (Å²) in [5.41, 5.74) is 0.900. The van der Waals surface area contributed by atoms with Gasteiger partial charge in [-0.05, 0) is 31.2 Å². The van der Waals surface area contributed by atoms with Crippen molar-refractivity contribution in [1.29, 1.82) is 0 Å². The SMILES string of the molecule is CCOc1c[c]cc(-c2nc[nH]n2)c1. The summed E-state index contributed by atoms with van der Waals surface area (Å²) < 4.78 is 5.35. The summed E-state index contributed by atoms with van der Waals surface area (Å²) in [6.07, 6.45) is 1.54. The molecule has 1 N–H and O–H groups in total. The summed E-state index contributed by atoms with van der Waals surface area (Å²) >= 11 is 0. The maximum Gasteiger partial charge on any atom is 0.180 e. The molecule has 2 aromatic rings. The molecule has 0 spiro atoms. The highest BCUT2D eigenvalue weighted by molar-refractivity contribution is 5.56. The van der Waals surface area contributed by atoms with E-state index in [0.717, 1.165) is 11.3 Å². The van der Waals surface area contributed by atoms with Gasteiger partial charge in [0, 0.05) is 5.56 Å². The van der Waals surface area contributed by atoms with E-state index < -0.39 is 0 Å². The number of rotatable bonds is 3. The number of benzene rings is 1. The highest BCUT2D eigenvalue weighted by Crippen LogP contribution is 2.19. The van der Waals surface area contributed by atoms with Gasteiger partial charge in [-0.1, -0.05) is 0 Å². The minimum absolute atomic E-state index is 0.644. The Hall–Kier alpha value is -1.84. The number of ether oxygens (including phenoxy) is 1. The molecule has 0 atom stereocenters. The molecular formula is C10H10N3O. The smallest absolute Gasteiger partial charge is 0.180 e. The second-order valence-corrected chi connectivity index (χ2v) is 2.71. The van der Waals surface area contributed by atoms with Crippen LogP contribution in [0.15, 0.2) is 24.5 Å². The van der Waals surface area contributed by atoms with Crippen LogP contribution in [-0.4, -0.2) is 21.8 Å². The largest absolute Gasteiger partial charge is 0.494 e. The van der Waals surface area contributed by atoms with Crippen LogP contribution >= 0.6 is 0 Å². The van der Waals surface area contributed by atoms with Crippen LogP contribution in [-0.2, 0) is 0 Å². The molecule has 1 aromatic heterocycles. The molecule has 0 bridgehead atoms. The second-order valence-electron chi connectivity index (χ2n) is 2.71. The predicted molar refractivity (Wildman–Crippen MR) is 51.8 cm³/mol. The number of hydrogen-bond donors (Lipinski definition) is 1. The predicted octanol–water partition coefficient (Wildman–Crippen LogP) is 1.67. The van der Waals surface area contributed by atoms with Crippen molar-refractivity contribution < 1.29 is 4.74 Å². The standard InChI is InChI=1S/C10H10N3O/c1-2-14-9-5-3-4-8(6-9)10-11-7-12-13-10/h4-7H,2H2,1H3,(H,11,12,13). The van der Waals surface area contributed by atoms with Gasteiger partial charge >= 0.3 is 0 Å². The third-order valence-corrected chi connectivity index (χ3v) is 1.75. The molecule has 0 unspecified atom stereocenters. The van der Waals surface area contributed by atoms with E-state index in [4.69, 9.17) is 4.74 Å². The van der Waals surface area contributed by atoms with Crippen molar-refractivity contribution in [3.63, 3.8) is 0 Å². The van der Waals surface area contributed by atoms with Crippen LogP contribution in [0.3, 0.4) is 0 Å². The molecule has 4 nitrogen and oxygen atoms in total. The highest BCUT2D eigenvalue weighted by Gasteiger charge is 2.02. The Labute approximate surface area is 81.9 Å². The molecule has 2 rings (SSSR count). The van der Waals surface area contributed by atoms with Gasteiger partial charge in [0.25, 0.3) is 0 Å². The normalized spacial score (nSPS) is 10.1. The molecule has 1 heterocycles. The lowest BCUT2D eigenvalue weighted by atomic mass is 10.2. The van der Waals surface area contributed by atoms with E-state index in [1.807, 2.05) is 19.1 Å². The topological polar surface area (TPSA) is 50.8 Å². The molecule has 71 valence electrons. The lowest BCUT2D eigenvalue weighted by Crippen LogP contribution is -1.91. The Morgan fingerprint density at radius 1 is 1.50 bits per heavy atom. The summed E-state index contributed by atoms with van der Waals surface area (Å²) in [7, 11) is 0. The fourth-order valence-electron chi connectivity index (χ4n) is 1.18. The third kappa shape index (κ3) is 1.74. The van der Waals surface area contributed by atoms with Gasteiger partial charge in [-0.25, -0.2) is 4.98 Å². The van der Waals surface area contributed by atoms with E-state index >= 15 is 0 Å². The van der Waals surface area contributed by atoms with Crippen LogP contribution in [0.1, 0.15) is 6.92 Å². The van der Waals surface area contributed by atoms with E-state index in [1.165, 1.54) is 0 Å². The van der Waals surface area contributed by atoms with Crippen molar-refractivity contribution in [2.24, 2.45) is 0 Å². The zero-order valence-electron chi connectivity index (χ0n) is 7.82. The van der Waals surface area contributed by atoms with Crippen molar-refractivity contribution in [3.05, 3.63) is 30.6 Å². The Morgan fingerprint density at radius 2 is 2.43 bits per heavy atom. The van der Waals surface area contributed by atoms with Gasteiger partial charge in [0.05, 0.1) is 6.61 Å². The van der Waals surface area contributed by atoms with Gasteiger partial charge in [0.1, 0.15) is 12.1 Å². The number of nitrogens with zero attached hydrogens (tertiary/aromatic N) is 2. The number of nitrogens with one attached hydrogen (secondary N) is 1. The first kappa shape index (κ1) is 8.74. The van der Waals surface area contributed by atoms with E-state index in [0.29, 0.717) is 12.4 Å². The van der Waals surface area contributed by atoms with Crippen LogP contribution < -0.4 is 4.74 Å². The van der Waals surface area contributed by atoms with Gasteiger partial charge in [0.15, 0.2) is 5.82 Å². The summed E-state index contributed by atoms with van der Waals surface area (Å²) in [6.45, 7) is 2.59. The Bertz CT molecular complexity index is 398. The molecule has 14 heavy (non-hydrogen) atoms. The van der Waals surface area contributed by atoms with Gasteiger partial charge in [-0.2, -0.15) is 5.10 Å². The summed E-state index contributed by atoms with van der Waals surface area (Å²) in [6, 6.07) is 8.49. The van der Waals surface area contributed by atoms with Gasteiger partial charge in [-0.3, -0.25) is 5.10 Å². The third-order valence-electron chi connectivity index (χ3n) is 1.75. The van der Waals surface area contributed by atoms with E-state index in [9.17, 15) is 0 Å². The van der Waals surface area contributed by atoms with Gasteiger partial charge < -0.3 is 4.74 Å². The van der Waals surface area contributed by atoms with Crippen molar-refractivity contribution >= 4 is 0 Å². The summed E-state index contributed by atoms with van der Waals surface area (Å²) in [5, 5.41) is 6.64. The monoisotopic (exact) mass is 188 g/mol. The fourth-order valence-corrected chi connectivity index (χ4v) is 1.18. The number of H-pyrrole nitrogens is 1. The maximum atomic E-state index is 5.35. The van der Waals surface area contributed by atoms with Crippen molar-refractivity contribution in [2.45, 2.75) is 6.92 Å². The van der Waals surface area contributed by atoms with Crippen LogP contribution in [0, 0.1) is 6.07 Å². The molecule has 0 amide bonds. The summed E-state index contributed by atoms with van der Waals surface area (Å²) in [5.74, 6) is 1.44. The zero-order chi connectivity index (χ0) is 9.80. The van der Waals surface area contributed by atoms with Crippen molar-refractivity contribution in [3.8, 4) is 17.1 Å². The minimum atomic E-state index is 0.644. The molecule has 0 aliphatic carbocycles. The molecular weight excluding hydrogens is 178 g/mol. The molecule has 0 aliphatic heterocycles.